The van der Waals surface area contributed by atoms with Crippen LogP contribution in [0.15, 0.2) is 54.7 Å². The minimum Gasteiger partial charge on any atom is -0.497 e. The average Bonchev–Trinajstić information content (AvgIpc) is 3.12. The molecule has 0 unspecified atom stereocenters. The minimum atomic E-state index is -0.568. The first-order chi connectivity index (χ1) is 14.5. The summed E-state index contributed by atoms with van der Waals surface area (Å²) >= 11 is 0. The third-order valence-electron chi connectivity index (χ3n) is 4.95. The molecule has 1 heterocycles. The third-order valence-corrected chi connectivity index (χ3v) is 4.95. The van der Waals surface area contributed by atoms with Crippen LogP contribution in [0.2, 0.25) is 0 Å². The van der Waals surface area contributed by atoms with Crippen LogP contribution in [0, 0.1) is 0 Å². The van der Waals surface area contributed by atoms with Crippen molar-refractivity contribution in [1.29, 1.82) is 0 Å². The number of carbonyl (C=O) groups excluding carboxylic acids is 3. The number of fused-ring (bicyclic) bond motifs is 1. The van der Waals surface area contributed by atoms with E-state index in [1.54, 1.807) is 48.2 Å². The van der Waals surface area contributed by atoms with Gasteiger partial charge >= 0.3 is 0 Å². The summed E-state index contributed by atoms with van der Waals surface area (Å²) in [6.45, 7) is 4.59. The van der Waals surface area contributed by atoms with Gasteiger partial charge in [-0.25, -0.2) is 0 Å². The van der Waals surface area contributed by atoms with Gasteiger partial charge in [0.2, 0.25) is 5.91 Å². The second-order valence-corrected chi connectivity index (χ2v) is 6.77. The van der Waals surface area contributed by atoms with Gasteiger partial charge in [-0.2, -0.15) is 0 Å². The Morgan fingerprint density at radius 3 is 2.47 bits per heavy atom. The summed E-state index contributed by atoms with van der Waals surface area (Å²) in [6.07, 6.45) is 1.58. The smallest absolute Gasteiger partial charge is 0.295 e. The molecule has 0 spiro atoms. The van der Waals surface area contributed by atoms with Crippen LogP contribution < -0.4 is 10.1 Å². The molecule has 2 aromatic carbocycles. The molecule has 2 amide bonds. The van der Waals surface area contributed by atoms with Gasteiger partial charge in [-0.1, -0.05) is 24.3 Å². The molecule has 30 heavy (non-hydrogen) atoms. The highest BCUT2D eigenvalue weighted by molar-refractivity contribution is 6.44. The van der Waals surface area contributed by atoms with Gasteiger partial charge in [0.25, 0.3) is 11.7 Å². The number of carbonyl (C=O) groups is 3. The topological polar surface area (TPSA) is 80.6 Å². The maximum atomic E-state index is 12.9. The molecule has 7 nitrogen and oxygen atoms in total. The fourth-order valence-corrected chi connectivity index (χ4v) is 3.38. The maximum Gasteiger partial charge on any atom is 0.295 e. The fourth-order valence-electron chi connectivity index (χ4n) is 3.38. The molecule has 0 saturated carbocycles. The summed E-state index contributed by atoms with van der Waals surface area (Å²) in [7, 11) is 1.56. The van der Waals surface area contributed by atoms with E-state index in [4.69, 9.17) is 4.74 Å². The molecule has 0 aliphatic rings. The predicted octanol–water partition coefficient (Wildman–Crippen LogP) is 3.34. The van der Waals surface area contributed by atoms with Gasteiger partial charge in [-0.3, -0.25) is 14.4 Å². The minimum absolute atomic E-state index is 0.00443. The van der Waals surface area contributed by atoms with Crippen molar-refractivity contribution < 1.29 is 19.1 Å². The Morgan fingerprint density at radius 1 is 1.03 bits per heavy atom. The number of Topliss-reactive ketones (excluding diaryl/α,β-unsaturated/α-hetero) is 1. The maximum absolute atomic E-state index is 12.9. The molecule has 0 aliphatic heterocycles. The molecular formula is C23H25N3O4. The number of anilines is 1. The predicted molar refractivity (Wildman–Crippen MR) is 116 cm³/mol. The van der Waals surface area contributed by atoms with Crippen LogP contribution in [-0.2, 0) is 16.1 Å². The number of ketones is 1. The lowest BCUT2D eigenvalue weighted by Gasteiger charge is -2.17. The molecule has 0 fully saturated rings. The Bertz CT molecular complexity index is 1080. The number of likely N-dealkylation sites (N-methyl/N-ethyl adjacent to an activating group) is 1. The van der Waals surface area contributed by atoms with E-state index >= 15 is 0 Å². The molecule has 3 rings (SSSR count). The van der Waals surface area contributed by atoms with E-state index in [-0.39, 0.29) is 12.5 Å². The summed E-state index contributed by atoms with van der Waals surface area (Å²) < 4.78 is 6.86. The van der Waals surface area contributed by atoms with E-state index in [1.807, 2.05) is 32.0 Å². The van der Waals surface area contributed by atoms with Gasteiger partial charge in [0.1, 0.15) is 12.3 Å². The molecule has 0 radical (unpaired) electrons. The lowest BCUT2D eigenvalue weighted by Crippen LogP contribution is -2.36. The van der Waals surface area contributed by atoms with Gasteiger partial charge in [0.05, 0.1) is 12.7 Å². The Kier molecular flexibility index (Phi) is 6.51. The first-order valence-electron chi connectivity index (χ1n) is 9.83. The van der Waals surface area contributed by atoms with E-state index in [9.17, 15) is 14.4 Å². The highest BCUT2D eigenvalue weighted by Gasteiger charge is 2.25. The summed E-state index contributed by atoms with van der Waals surface area (Å²) in [6, 6.07) is 14.3. The molecule has 156 valence electrons. The fraction of sp³-hybridized carbons (Fsp3) is 0.261. The average molecular weight is 407 g/mol. The molecule has 0 saturated heterocycles. The second kappa shape index (κ2) is 9.26. The van der Waals surface area contributed by atoms with Crippen LogP contribution in [0.4, 0.5) is 5.69 Å². The van der Waals surface area contributed by atoms with Gasteiger partial charge in [0.15, 0.2) is 0 Å². The molecule has 7 heteroatoms. The molecule has 0 atom stereocenters. The molecule has 0 bridgehead atoms. The number of nitrogens with one attached hydrogen (secondary N) is 1. The third kappa shape index (κ3) is 4.35. The Labute approximate surface area is 175 Å². The van der Waals surface area contributed by atoms with Gasteiger partial charge in [-0.15, -0.1) is 0 Å². The zero-order valence-corrected chi connectivity index (χ0v) is 17.3. The van der Waals surface area contributed by atoms with E-state index in [0.717, 1.165) is 0 Å². The summed E-state index contributed by atoms with van der Waals surface area (Å²) in [5.74, 6) is -0.717. The first kappa shape index (κ1) is 21.1. The summed E-state index contributed by atoms with van der Waals surface area (Å²) in [4.78, 5) is 39.5. The van der Waals surface area contributed by atoms with Gasteiger partial charge < -0.3 is 19.5 Å². The summed E-state index contributed by atoms with van der Waals surface area (Å²) in [5, 5.41) is 3.48. The highest BCUT2D eigenvalue weighted by Crippen LogP contribution is 2.23. The van der Waals surface area contributed by atoms with Crippen molar-refractivity contribution in [3.8, 4) is 5.75 Å². The van der Waals surface area contributed by atoms with Crippen LogP contribution in [0.1, 0.15) is 24.2 Å². The zero-order valence-electron chi connectivity index (χ0n) is 17.3. The quantitative estimate of drug-likeness (QED) is 0.459. The number of ether oxygens (including phenoxy) is 1. The van der Waals surface area contributed by atoms with Crippen molar-refractivity contribution in [2.24, 2.45) is 0 Å². The van der Waals surface area contributed by atoms with Crippen LogP contribution in [-0.4, -0.2) is 47.3 Å². The standard InChI is InChI=1S/C23H25N3O4/c1-4-25(5-2)23(29)22(28)19-14-26(20-12-7-6-11-18(19)20)15-21(27)24-16-9-8-10-17(13-16)30-3/h6-14H,4-5,15H2,1-3H3,(H,24,27). The molecule has 0 aliphatic carbocycles. The molecule has 1 N–H and O–H groups in total. The van der Waals surface area contributed by atoms with Gasteiger partial charge in [-0.05, 0) is 32.0 Å². The number of aromatic nitrogens is 1. The lowest BCUT2D eigenvalue weighted by atomic mass is 10.1. The van der Waals surface area contributed by atoms with E-state index in [0.29, 0.717) is 41.0 Å². The van der Waals surface area contributed by atoms with Crippen LogP contribution in [0.5, 0.6) is 5.75 Å². The number of para-hydroxylation sites is 1. The molecule has 3 aromatic rings. The van der Waals surface area contributed by atoms with Gasteiger partial charge in [0, 0.05) is 41.9 Å². The van der Waals surface area contributed by atoms with Crippen molar-refractivity contribution >= 4 is 34.2 Å². The summed E-state index contributed by atoms with van der Waals surface area (Å²) in [5.41, 5.74) is 1.63. The van der Waals surface area contributed by atoms with E-state index in [1.165, 1.54) is 4.90 Å². The number of nitrogens with zero attached hydrogens (tertiary/aromatic N) is 2. The van der Waals surface area contributed by atoms with E-state index in [2.05, 4.69) is 5.32 Å². The van der Waals surface area contributed by atoms with Crippen molar-refractivity contribution in [3.05, 3.63) is 60.3 Å². The number of hydrogen-bond acceptors (Lipinski definition) is 4. The van der Waals surface area contributed by atoms with Crippen molar-refractivity contribution in [1.82, 2.24) is 9.47 Å². The van der Waals surface area contributed by atoms with Crippen molar-refractivity contribution in [3.63, 3.8) is 0 Å². The number of rotatable bonds is 8. The van der Waals surface area contributed by atoms with E-state index < -0.39 is 11.7 Å². The van der Waals surface area contributed by atoms with Crippen LogP contribution in [0.25, 0.3) is 10.9 Å². The molecule has 1 aromatic heterocycles. The number of amides is 2. The normalized spacial score (nSPS) is 10.6. The van der Waals surface area contributed by atoms with Crippen molar-refractivity contribution in [2.45, 2.75) is 20.4 Å². The SMILES string of the molecule is CCN(CC)C(=O)C(=O)c1cn(CC(=O)Nc2cccc(OC)c2)c2ccccc12. The van der Waals surface area contributed by atoms with Crippen LogP contribution in [0.3, 0.4) is 0 Å². The Morgan fingerprint density at radius 2 is 1.77 bits per heavy atom. The number of methoxy groups -OCH3 is 1. The second-order valence-electron chi connectivity index (χ2n) is 6.77. The van der Waals surface area contributed by atoms with Crippen LogP contribution >= 0.6 is 0 Å². The Balaban J connectivity index is 1.87. The first-order valence-corrected chi connectivity index (χ1v) is 9.83. The number of benzene rings is 2. The largest absolute Gasteiger partial charge is 0.497 e. The van der Waals surface area contributed by atoms with Crippen molar-refractivity contribution in [2.75, 3.05) is 25.5 Å². The monoisotopic (exact) mass is 407 g/mol. The lowest BCUT2D eigenvalue weighted by molar-refractivity contribution is -0.126. The highest BCUT2D eigenvalue weighted by atomic mass is 16.5. The Hall–Kier alpha value is -3.61. The molecular weight excluding hydrogens is 382 g/mol. The zero-order chi connectivity index (χ0) is 21.7. The number of hydrogen-bond donors (Lipinski definition) is 1.